The Morgan fingerprint density at radius 2 is 1.93 bits per heavy atom. The van der Waals surface area contributed by atoms with Crippen LogP contribution in [0.5, 0.6) is 0 Å². The van der Waals surface area contributed by atoms with Crippen molar-refractivity contribution in [2.24, 2.45) is 0 Å². The van der Waals surface area contributed by atoms with Gasteiger partial charge in [-0.2, -0.15) is 5.26 Å². The van der Waals surface area contributed by atoms with E-state index in [1.54, 1.807) is 0 Å². The van der Waals surface area contributed by atoms with Gasteiger partial charge in [-0.05, 0) is 13.3 Å². The van der Waals surface area contributed by atoms with E-state index in [1.165, 1.54) is 0 Å². The molecule has 0 radical (unpaired) electrons. The third-order valence-corrected chi connectivity index (χ3v) is 2.86. The van der Waals surface area contributed by atoms with Crippen LogP contribution in [0.25, 0.3) is 0 Å². The van der Waals surface area contributed by atoms with Gasteiger partial charge < -0.3 is 0 Å². The van der Waals surface area contributed by atoms with Gasteiger partial charge in [0.25, 0.3) is 0 Å². The first-order valence-electron chi connectivity index (χ1n) is 5.57. The topological polar surface area (TPSA) is 30.3 Å². The minimum Gasteiger partial charge on any atom is -0.290 e. The lowest BCUT2D eigenvalue weighted by Gasteiger charge is -2.35. The molecule has 0 aromatic rings. The molecule has 0 spiro atoms. The van der Waals surface area contributed by atoms with Crippen molar-refractivity contribution in [1.29, 1.82) is 5.26 Å². The average molecular weight is 205 g/mol. The van der Waals surface area contributed by atoms with Crippen molar-refractivity contribution in [3.8, 4) is 17.9 Å². The molecule has 1 atom stereocenters. The summed E-state index contributed by atoms with van der Waals surface area (Å²) in [4.78, 5) is 4.62. The van der Waals surface area contributed by atoms with Crippen molar-refractivity contribution in [2.75, 3.05) is 32.7 Å². The van der Waals surface area contributed by atoms with Crippen LogP contribution < -0.4 is 0 Å². The summed E-state index contributed by atoms with van der Waals surface area (Å²) in [5.74, 6) is 6.00. The van der Waals surface area contributed by atoms with E-state index in [0.29, 0.717) is 0 Å². The Labute approximate surface area is 92.7 Å². The van der Waals surface area contributed by atoms with Crippen LogP contribution in [-0.2, 0) is 0 Å². The Morgan fingerprint density at radius 1 is 1.27 bits per heavy atom. The standard InChI is InChI=1S/C12H19N3/c1-3-5-6-14-7-9-15(10-8-14)12(4-2)11-13/h12H,4,6-10H2,1-2H3. The molecule has 0 amide bonds. The lowest BCUT2D eigenvalue weighted by Crippen LogP contribution is -2.49. The van der Waals surface area contributed by atoms with Gasteiger partial charge in [0.2, 0.25) is 0 Å². The minimum atomic E-state index is 0.101. The molecule has 0 saturated carbocycles. The number of nitrogens with zero attached hydrogens (tertiary/aromatic N) is 3. The number of nitriles is 1. The molecular weight excluding hydrogens is 186 g/mol. The van der Waals surface area contributed by atoms with Crippen LogP contribution in [0.4, 0.5) is 0 Å². The van der Waals surface area contributed by atoms with Crippen LogP contribution in [-0.4, -0.2) is 48.6 Å². The molecular formula is C12H19N3. The number of hydrogen-bond acceptors (Lipinski definition) is 3. The third kappa shape index (κ3) is 3.55. The van der Waals surface area contributed by atoms with Crippen molar-refractivity contribution >= 4 is 0 Å². The third-order valence-electron chi connectivity index (χ3n) is 2.86. The van der Waals surface area contributed by atoms with Crippen LogP contribution in [0.2, 0.25) is 0 Å². The predicted molar refractivity (Wildman–Crippen MR) is 61.2 cm³/mol. The van der Waals surface area contributed by atoms with Crippen molar-refractivity contribution in [2.45, 2.75) is 26.3 Å². The maximum Gasteiger partial charge on any atom is 0.0976 e. The number of rotatable bonds is 3. The fourth-order valence-corrected chi connectivity index (χ4v) is 1.86. The van der Waals surface area contributed by atoms with Crippen molar-refractivity contribution < 1.29 is 0 Å². The molecule has 0 aliphatic carbocycles. The first-order valence-corrected chi connectivity index (χ1v) is 5.57. The van der Waals surface area contributed by atoms with Gasteiger partial charge in [-0.25, -0.2) is 0 Å². The first kappa shape index (κ1) is 12.0. The summed E-state index contributed by atoms with van der Waals surface area (Å²) in [5.41, 5.74) is 0. The molecule has 1 fully saturated rings. The molecule has 3 nitrogen and oxygen atoms in total. The zero-order chi connectivity index (χ0) is 11.1. The quantitative estimate of drug-likeness (QED) is 0.642. The molecule has 1 aliphatic heterocycles. The van der Waals surface area contributed by atoms with E-state index in [2.05, 4.69) is 34.6 Å². The van der Waals surface area contributed by atoms with Crippen LogP contribution in [0.15, 0.2) is 0 Å². The smallest absolute Gasteiger partial charge is 0.0976 e. The molecule has 1 rings (SSSR count). The Kier molecular flexibility index (Phi) is 5.18. The van der Waals surface area contributed by atoms with E-state index < -0.39 is 0 Å². The zero-order valence-electron chi connectivity index (χ0n) is 9.66. The summed E-state index contributed by atoms with van der Waals surface area (Å²) in [7, 11) is 0. The highest BCUT2D eigenvalue weighted by Gasteiger charge is 2.21. The lowest BCUT2D eigenvalue weighted by atomic mass is 10.2. The van der Waals surface area contributed by atoms with Crippen LogP contribution in [0.3, 0.4) is 0 Å². The second kappa shape index (κ2) is 6.45. The summed E-state index contributed by atoms with van der Waals surface area (Å²) in [6, 6.07) is 2.46. The maximum absolute atomic E-state index is 8.96. The Balaban J connectivity index is 2.34. The average Bonchev–Trinajstić information content (AvgIpc) is 2.29. The summed E-state index contributed by atoms with van der Waals surface area (Å²) in [6.45, 7) is 8.88. The van der Waals surface area contributed by atoms with E-state index in [0.717, 1.165) is 39.1 Å². The summed E-state index contributed by atoms with van der Waals surface area (Å²) < 4.78 is 0. The zero-order valence-corrected chi connectivity index (χ0v) is 9.66. The van der Waals surface area contributed by atoms with E-state index in [9.17, 15) is 0 Å². The fourth-order valence-electron chi connectivity index (χ4n) is 1.86. The molecule has 3 heteroatoms. The number of hydrogen-bond donors (Lipinski definition) is 0. The predicted octanol–water partition coefficient (Wildman–Crippen LogP) is 0.929. The van der Waals surface area contributed by atoms with Crippen molar-refractivity contribution in [3.63, 3.8) is 0 Å². The molecule has 1 saturated heterocycles. The van der Waals surface area contributed by atoms with E-state index in [-0.39, 0.29) is 6.04 Å². The first-order chi connectivity index (χ1) is 7.31. The highest BCUT2D eigenvalue weighted by atomic mass is 15.3. The van der Waals surface area contributed by atoms with Gasteiger partial charge >= 0.3 is 0 Å². The van der Waals surface area contributed by atoms with E-state index in [1.807, 2.05) is 6.92 Å². The molecule has 0 bridgehead atoms. The molecule has 0 aromatic heterocycles. The van der Waals surface area contributed by atoms with E-state index >= 15 is 0 Å². The SMILES string of the molecule is CC#CCN1CCN(C(C#N)CC)CC1. The summed E-state index contributed by atoms with van der Waals surface area (Å²) in [6.07, 6.45) is 0.922. The molecule has 1 heterocycles. The molecule has 1 unspecified atom stereocenters. The molecule has 1 aliphatic rings. The van der Waals surface area contributed by atoms with Crippen LogP contribution >= 0.6 is 0 Å². The van der Waals surface area contributed by atoms with Crippen molar-refractivity contribution in [1.82, 2.24) is 9.80 Å². The number of piperazine rings is 1. The maximum atomic E-state index is 8.96. The Bertz CT molecular complexity index is 273. The lowest BCUT2D eigenvalue weighted by molar-refractivity contribution is 0.122. The second-order valence-corrected chi connectivity index (χ2v) is 3.79. The van der Waals surface area contributed by atoms with Crippen LogP contribution in [0.1, 0.15) is 20.3 Å². The molecule has 82 valence electrons. The van der Waals surface area contributed by atoms with Gasteiger partial charge in [0.05, 0.1) is 18.7 Å². The highest BCUT2D eigenvalue weighted by molar-refractivity contribution is 4.99. The van der Waals surface area contributed by atoms with Crippen LogP contribution in [0, 0.1) is 23.2 Å². The van der Waals surface area contributed by atoms with Gasteiger partial charge in [-0.15, -0.1) is 5.92 Å². The van der Waals surface area contributed by atoms with Crippen molar-refractivity contribution in [3.05, 3.63) is 0 Å². The molecule has 0 aromatic carbocycles. The minimum absolute atomic E-state index is 0.101. The Hall–Kier alpha value is -1.03. The monoisotopic (exact) mass is 205 g/mol. The summed E-state index contributed by atoms with van der Waals surface area (Å²) >= 11 is 0. The molecule has 0 N–H and O–H groups in total. The second-order valence-electron chi connectivity index (χ2n) is 3.79. The normalized spacial score (nSPS) is 20.1. The fraction of sp³-hybridized carbons (Fsp3) is 0.750. The summed E-state index contributed by atoms with van der Waals surface area (Å²) in [5, 5.41) is 8.96. The van der Waals surface area contributed by atoms with Gasteiger partial charge in [-0.3, -0.25) is 9.80 Å². The van der Waals surface area contributed by atoms with Gasteiger partial charge in [0.1, 0.15) is 0 Å². The van der Waals surface area contributed by atoms with Gasteiger partial charge in [0.15, 0.2) is 0 Å². The van der Waals surface area contributed by atoms with E-state index in [4.69, 9.17) is 5.26 Å². The largest absolute Gasteiger partial charge is 0.290 e. The van der Waals surface area contributed by atoms with Gasteiger partial charge in [0, 0.05) is 26.2 Å². The van der Waals surface area contributed by atoms with Gasteiger partial charge in [-0.1, -0.05) is 12.8 Å². The molecule has 15 heavy (non-hydrogen) atoms. The highest BCUT2D eigenvalue weighted by Crippen LogP contribution is 2.07. The Morgan fingerprint density at radius 3 is 2.40 bits per heavy atom.